The minimum Gasteiger partial charge on any atom is -0.390 e. The SMILES string of the molecule is O=C(c1cscn1)N1CC[C@H](O)[C@]2(CCCO2)C1. The van der Waals surface area contributed by atoms with Gasteiger partial charge in [-0.05, 0) is 19.3 Å². The summed E-state index contributed by atoms with van der Waals surface area (Å²) in [4.78, 5) is 18.0. The van der Waals surface area contributed by atoms with Crippen LogP contribution in [0, 0.1) is 0 Å². The van der Waals surface area contributed by atoms with Crippen molar-refractivity contribution < 1.29 is 14.6 Å². The maximum absolute atomic E-state index is 12.2. The Labute approximate surface area is 109 Å². The first kappa shape index (κ1) is 12.1. The number of ether oxygens (including phenoxy) is 1. The summed E-state index contributed by atoms with van der Waals surface area (Å²) in [5.74, 6) is -0.0574. The lowest BCUT2D eigenvalue weighted by molar-refractivity contribution is -0.124. The summed E-state index contributed by atoms with van der Waals surface area (Å²) in [7, 11) is 0. The van der Waals surface area contributed by atoms with Gasteiger partial charge < -0.3 is 14.7 Å². The Balaban J connectivity index is 1.77. The summed E-state index contributed by atoms with van der Waals surface area (Å²) in [5.41, 5.74) is 1.61. The number of thiazole rings is 1. The number of piperidine rings is 1. The summed E-state index contributed by atoms with van der Waals surface area (Å²) in [5, 5.41) is 11.9. The Morgan fingerprint density at radius 2 is 2.56 bits per heavy atom. The molecule has 2 aliphatic heterocycles. The number of aliphatic hydroxyl groups excluding tert-OH is 1. The highest BCUT2D eigenvalue weighted by atomic mass is 32.1. The molecule has 5 nitrogen and oxygen atoms in total. The number of amides is 1. The predicted molar refractivity (Wildman–Crippen MR) is 66.6 cm³/mol. The average molecular weight is 268 g/mol. The number of hydrogen-bond donors (Lipinski definition) is 1. The van der Waals surface area contributed by atoms with Crippen molar-refractivity contribution in [2.24, 2.45) is 0 Å². The van der Waals surface area contributed by atoms with Gasteiger partial charge in [0.15, 0.2) is 0 Å². The topological polar surface area (TPSA) is 62.7 Å². The van der Waals surface area contributed by atoms with Gasteiger partial charge in [0, 0.05) is 18.5 Å². The van der Waals surface area contributed by atoms with Crippen LogP contribution in [0.3, 0.4) is 0 Å². The molecule has 0 aromatic carbocycles. The van der Waals surface area contributed by atoms with E-state index in [1.807, 2.05) is 0 Å². The fraction of sp³-hybridized carbons (Fsp3) is 0.667. The van der Waals surface area contributed by atoms with E-state index in [0.717, 1.165) is 12.8 Å². The molecular weight excluding hydrogens is 252 g/mol. The van der Waals surface area contributed by atoms with E-state index in [9.17, 15) is 9.90 Å². The zero-order chi connectivity index (χ0) is 12.6. The maximum atomic E-state index is 12.2. The van der Waals surface area contributed by atoms with Crippen LogP contribution in [-0.2, 0) is 4.74 Å². The number of rotatable bonds is 1. The van der Waals surface area contributed by atoms with Gasteiger partial charge in [0.05, 0.1) is 18.2 Å². The van der Waals surface area contributed by atoms with E-state index in [1.54, 1.807) is 15.8 Å². The first-order valence-electron chi connectivity index (χ1n) is 6.21. The summed E-state index contributed by atoms with van der Waals surface area (Å²) in [6.07, 6.45) is 1.90. The number of hydrogen-bond acceptors (Lipinski definition) is 5. The number of carbonyl (C=O) groups excluding carboxylic acids is 1. The third kappa shape index (κ3) is 1.94. The number of carbonyl (C=O) groups is 1. The second kappa shape index (κ2) is 4.60. The van der Waals surface area contributed by atoms with Crippen LogP contribution in [0.4, 0.5) is 0 Å². The summed E-state index contributed by atoms with van der Waals surface area (Å²) < 4.78 is 5.73. The molecule has 1 N–H and O–H groups in total. The van der Waals surface area contributed by atoms with Gasteiger partial charge in [-0.15, -0.1) is 11.3 Å². The van der Waals surface area contributed by atoms with Gasteiger partial charge in [-0.3, -0.25) is 4.79 Å². The molecule has 1 aromatic heterocycles. The molecule has 0 bridgehead atoms. The summed E-state index contributed by atoms with van der Waals surface area (Å²) in [6, 6.07) is 0. The highest BCUT2D eigenvalue weighted by molar-refractivity contribution is 7.07. The van der Waals surface area contributed by atoms with Gasteiger partial charge in [-0.2, -0.15) is 0 Å². The van der Waals surface area contributed by atoms with E-state index in [2.05, 4.69) is 4.98 Å². The highest BCUT2D eigenvalue weighted by Crippen LogP contribution is 2.35. The quantitative estimate of drug-likeness (QED) is 0.822. The van der Waals surface area contributed by atoms with Crippen LogP contribution >= 0.6 is 11.3 Å². The van der Waals surface area contributed by atoms with E-state index in [4.69, 9.17) is 4.74 Å². The average Bonchev–Trinajstić information content (AvgIpc) is 3.04. The number of aromatic nitrogens is 1. The summed E-state index contributed by atoms with van der Waals surface area (Å²) in [6.45, 7) is 1.73. The van der Waals surface area contributed by atoms with E-state index in [1.165, 1.54) is 11.3 Å². The predicted octanol–water partition coefficient (Wildman–Crippen LogP) is 0.899. The molecule has 0 saturated carbocycles. The molecule has 0 unspecified atom stereocenters. The van der Waals surface area contributed by atoms with E-state index >= 15 is 0 Å². The molecule has 3 heterocycles. The van der Waals surface area contributed by atoms with Crippen LogP contribution in [0.15, 0.2) is 10.9 Å². The van der Waals surface area contributed by atoms with Gasteiger partial charge in [-0.1, -0.05) is 0 Å². The molecule has 1 spiro atoms. The second-order valence-corrected chi connectivity index (χ2v) is 5.64. The van der Waals surface area contributed by atoms with Crippen molar-refractivity contribution in [2.45, 2.75) is 31.0 Å². The van der Waals surface area contributed by atoms with Crippen molar-refractivity contribution >= 4 is 17.2 Å². The molecule has 3 rings (SSSR count). The second-order valence-electron chi connectivity index (χ2n) is 4.92. The first-order chi connectivity index (χ1) is 8.71. The standard InChI is InChI=1S/C12H16N2O3S/c15-10-2-4-14(7-12(10)3-1-5-17-12)11(16)9-6-18-8-13-9/h6,8,10,15H,1-5,7H2/t10-,12-/m0/s1. The van der Waals surface area contributed by atoms with Gasteiger partial charge in [-0.25, -0.2) is 4.98 Å². The molecule has 0 aliphatic carbocycles. The Hall–Kier alpha value is -0.980. The molecule has 98 valence electrons. The molecule has 18 heavy (non-hydrogen) atoms. The van der Waals surface area contributed by atoms with Crippen LogP contribution in [0.25, 0.3) is 0 Å². The molecular formula is C12H16N2O3S. The number of aliphatic hydroxyl groups is 1. The highest BCUT2D eigenvalue weighted by Gasteiger charge is 2.47. The third-order valence-electron chi connectivity index (χ3n) is 3.81. The van der Waals surface area contributed by atoms with Crippen LogP contribution in [0.1, 0.15) is 29.8 Å². The molecule has 6 heteroatoms. The van der Waals surface area contributed by atoms with Crippen LogP contribution in [0.2, 0.25) is 0 Å². The largest absolute Gasteiger partial charge is 0.390 e. The molecule has 1 amide bonds. The zero-order valence-electron chi connectivity index (χ0n) is 10.0. The molecule has 2 atom stereocenters. The van der Waals surface area contributed by atoms with Crippen molar-refractivity contribution in [3.63, 3.8) is 0 Å². The molecule has 2 fully saturated rings. The van der Waals surface area contributed by atoms with Crippen molar-refractivity contribution in [3.8, 4) is 0 Å². The normalized spacial score (nSPS) is 32.1. The van der Waals surface area contributed by atoms with E-state index in [0.29, 0.717) is 31.8 Å². The first-order valence-corrected chi connectivity index (χ1v) is 7.15. The molecule has 1 aromatic rings. The van der Waals surface area contributed by atoms with Gasteiger partial charge in [0.2, 0.25) is 0 Å². The monoisotopic (exact) mass is 268 g/mol. The maximum Gasteiger partial charge on any atom is 0.273 e. The smallest absolute Gasteiger partial charge is 0.273 e. The third-order valence-corrected chi connectivity index (χ3v) is 4.40. The fourth-order valence-electron chi connectivity index (χ4n) is 2.81. The number of likely N-dealkylation sites (tertiary alicyclic amines) is 1. The Bertz CT molecular complexity index is 429. The minimum atomic E-state index is -0.538. The Kier molecular flexibility index (Phi) is 3.09. The van der Waals surface area contributed by atoms with Crippen molar-refractivity contribution in [1.82, 2.24) is 9.88 Å². The molecule has 2 saturated heterocycles. The van der Waals surface area contributed by atoms with Crippen molar-refractivity contribution in [3.05, 3.63) is 16.6 Å². The Morgan fingerprint density at radius 1 is 1.67 bits per heavy atom. The van der Waals surface area contributed by atoms with Gasteiger partial charge in [0.1, 0.15) is 11.3 Å². The zero-order valence-corrected chi connectivity index (χ0v) is 10.9. The van der Waals surface area contributed by atoms with Crippen molar-refractivity contribution in [2.75, 3.05) is 19.7 Å². The van der Waals surface area contributed by atoms with E-state index in [-0.39, 0.29) is 5.91 Å². The lowest BCUT2D eigenvalue weighted by atomic mass is 9.87. The van der Waals surface area contributed by atoms with Crippen molar-refractivity contribution in [1.29, 1.82) is 0 Å². The van der Waals surface area contributed by atoms with Crippen LogP contribution < -0.4 is 0 Å². The lowest BCUT2D eigenvalue weighted by Gasteiger charge is -2.42. The number of nitrogens with zero attached hydrogens (tertiary/aromatic N) is 2. The van der Waals surface area contributed by atoms with E-state index < -0.39 is 11.7 Å². The Morgan fingerprint density at radius 3 is 3.22 bits per heavy atom. The molecule has 2 aliphatic rings. The van der Waals surface area contributed by atoms with Crippen LogP contribution in [-0.4, -0.2) is 52.3 Å². The lowest BCUT2D eigenvalue weighted by Crippen LogP contribution is -2.57. The minimum absolute atomic E-state index is 0.0574. The van der Waals surface area contributed by atoms with Gasteiger partial charge >= 0.3 is 0 Å². The van der Waals surface area contributed by atoms with Gasteiger partial charge in [0.25, 0.3) is 5.91 Å². The fourth-order valence-corrected chi connectivity index (χ4v) is 3.33. The molecule has 0 radical (unpaired) electrons. The summed E-state index contributed by atoms with van der Waals surface area (Å²) >= 11 is 1.42. The van der Waals surface area contributed by atoms with Crippen LogP contribution in [0.5, 0.6) is 0 Å².